The van der Waals surface area contributed by atoms with Gasteiger partial charge in [-0.05, 0) is 23.8 Å². The SMILES string of the molecule is O=C/C=C/c1ccc2c(c1)OCCSCCOCCOCCSCCO2. The highest BCUT2D eigenvalue weighted by Gasteiger charge is 2.07. The number of ether oxygens (including phenoxy) is 4. The number of allylic oxidation sites excluding steroid dienone is 1. The molecule has 2 rings (SSSR count). The molecule has 0 aliphatic carbocycles. The van der Waals surface area contributed by atoms with Gasteiger partial charge in [0, 0.05) is 23.0 Å². The maximum absolute atomic E-state index is 10.5. The Bertz CT molecular complexity index is 551. The number of hydrogen-bond acceptors (Lipinski definition) is 7. The molecule has 0 atom stereocenters. The zero-order chi connectivity index (χ0) is 18.3. The molecule has 0 amide bonds. The fraction of sp³-hybridized carbons (Fsp3) is 0.526. The molecule has 0 N–H and O–H groups in total. The largest absolute Gasteiger partial charge is 0.489 e. The molecule has 0 bridgehead atoms. The molecule has 1 aliphatic heterocycles. The smallest absolute Gasteiger partial charge is 0.161 e. The van der Waals surface area contributed by atoms with Crippen molar-refractivity contribution in [3.63, 3.8) is 0 Å². The number of benzene rings is 1. The highest BCUT2D eigenvalue weighted by atomic mass is 32.2. The monoisotopic (exact) mass is 398 g/mol. The van der Waals surface area contributed by atoms with Crippen LogP contribution >= 0.6 is 23.5 Å². The van der Waals surface area contributed by atoms with Gasteiger partial charge in [0.25, 0.3) is 0 Å². The van der Waals surface area contributed by atoms with Gasteiger partial charge in [0.2, 0.25) is 0 Å². The Labute approximate surface area is 163 Å². The number of carbonyl (C=O) groups excluding carboxylic acids is 1. The standard InChI is InChI=1S/C19H26O5S2/c20-5-1-2-17-3-4-18-19(16-17)24-11-15-26-13-9-22-7-6-21-8-12-25-14-10-23-18/h1-5,16H,6-15H2/b2-1+. The third-order valence-corrected chi connectivity index (χ3v) is 5.24. The number of carbonyl (C=O) groups is 1. The maximum Gasteiger partial charge on any atom is 0.161 e. The third kappa shape index (κ3) is 8.98. The quantitative estimate of drug-likeness (QED) is 0.560. The van der Waals surface area contributed by atoms with Crippen molar-refractivity contribution in [2.75, 3.05) is 62.7 Å². The minimum Gasteiger partial charge on any atom is -0.489 e. The molecule has 1 aromatic rings. The van der Waals surface area contributed by atoms with Crippen molar-refractivity contribution >= 4 is 35.9 Å². The van der Waals surface area contributed by atoms with E-state index in [-0.39, 0.29) is 0 Å². The average molecular weight is 399 g/mol. The lowest BCUT2D eigenvalue weighted by Gasteiger charge is -2.14. The van der Waals surface area contributed by atoms with E-state index in [1.807, 2.05) is 18.2 Å². The molecule has 0 radical (unpaired) electrons. The van der Waals surface area contributed by atoms with E-state index in [9.17, 15) is 4.79 Å². The lowest BCUT2D eigenvalue weighted by molar-refractivity contribution is -0.104. The topological polar surface area (TPSA) is 54.0 Å². The molecule has 1 aromatic carbocycles. The van der Waals surface area contributed by atoms with E-state index >= 15 is 0 Å². The normalized spacial score (nSPS) is 18.8. The van der Waals surface area contributed by atoms with E-state index in [0.29, 0.717) is 32.2 Å². The van der Waals surface area contributed by atoms with Crippen LogP contribution in [0.5, 0.6) is 11.5 Å². The van der Waals surface area contributed by atoms with Crippen molar-refractivity contribution in [2.24, 2.45) is 0 Å². The van der Waals surface area contributed by atoms with Crippen LogP contribution in [0.3, 0.4) is 0 Å². The van der Waals surface area contributed by atoms with Gasteiger partial charge in [-0.1, -0.05) is 12.1 Å². The summed E-state index contributed by atoms with van der Waals surface area (Å²) in [7, 11) is 0. The van der Waals surface area contributed by atoms with E-state index in [4.69, 9.17) is 18.9 Å². The van der Waals surface area contributed by atoms with Crippen molar-refractivity contribution < 1.29 is 23.7 Å². The average Bonchev–Trinajstić information content (AvgIpc) is 2.66. The number of fused-ring (bicyclic) bond motifs is 1. The second-order valence-electron chi connectivity index (χ2n) is 5.35. The first-order valence-electron chi connectivity index (χ1n) is 8.72. The summed E-state index contributed by atoms with van der Waals surface area (Å²) in [5.41, 5.74) is 0.911. The molecule has 0 fully saturated rings. The van der Waals surface area contributed by atoms with Crippen molar-refractivity contribution in [3.8, 4) is 11.5 Å². The van der Waals surface area contributed by atoms with Gasteiger partial charge in [-0.15, -0.1) is 0 Å². The minimum absolute atomic E-state index is 0.597. The third-order valence-electron chi connectivity index (χ3n) is 3.42. The molecule has 26 heavy (non-hydrogen) atoms. The molecule has 144 valence electrons. The molecule has 5 nitrogen and oxygen atoms in total. The van der Waals surface area contributed by atoms with Crippen molar-refractivity contribution in [1.29, 1.82) is 0 Å². The van der Waals surface area contributed by atoms with Crippen LogP contribution in [0.25, 0.3) is 6.08 Å². The van der Waals surface area contributed by atoms with Gasteiger partial charge in [-0.25, -0.2) is 0 Å². The first kappa shape index (κ1) is 21.2. The van der Waals surface area contributed by atoms with Crippen LogP contribution in [0.1, 0.15) is 5.56 Å². The number of thioether (sulfide) groups is 2. The van der Waals surface area contributed by atoms with Crippen molar-refractivity contribution in [2.45, 2.75) is 0 Å². The Morgan fingerprint density at radius 2 is 1.38 bits per heavy atom. The van der Waals surface area contributed by atoms with Crippen molar-refractivity contribution in [3.05, 3.63) is 29.8 Å². The van der Waals surface area contributed by atoms with Gasteiger partial charge in [0.1, 0.15) is 6.29 Å². The lowest BCUT2D eigenvalue weighted by atomic mass is 10.2. The maximum atomic E-state index is 10.5. The molecule has 0 saturated heterocycles. The molecule has 7 heteroatoms. The molecular formula is C19H26O5S2. The number of aldehydes is 1. The summed E-state index contributed by atoms with van der Waals surface area (Å²) in [5, 5.41) is 0. The Balaban J connectivity index is 1.94. The molecule has 1 aliphatic rings. The van der Waals surface area contributed by atoms with E-state index in [1.54, 1.807) is 29.6 Å². The van der Waals surface area contributed by atoms with E-state index < -0.39 is 0 Å². The Morgan fingerprint density at radius 3 is 2.04 bits per heavy atom. The van der Waals surface area contributed by atoms with E-state index in [0.717, 1.165) is 53.8 Å². The van der Waals surface area contributed by atoms with Crippen LogP contribution in [0.4, 0.5) is 0 Å². The zero-order valence-electron chi connectivity index (χ0n) is 14.9. The van der Waals surface area contributed by atoms with Gasteiger partial charge >= 0.3 is 0 Å². The summed E-state index contributed by atoms with van der Waals surface area (Å²) in [6, 6.07) is 5.72. The summed E-state index contributed by atoms with van der Waals surface area (Å²) in [4.78, 5) is 10.5. The Morgan fingerprint density at radius 1 is 0.769 bits per heavy atom. The lowest BCUT2D eigenvalue weighted by Crippen LogP contribution is -2.10. The Hall–Kier alpha value is -1.15. The van der Waals surface area contributed by atoms with Crippen LogP contribution < -0.4 is 9.47 Å². The predicted molar refractivity (Wildman–Crippen MR) is 109 cm³/mol. The van der Waals surface area contributed by atoms with Crippen LogP contribution in [0.2, 0.25) is 0 Å². The van der Waals surface area contributed by atoms with Gasteiger partial charge in [0.15, 0.2) is 11.5 Å². The number of rotatable bonds is 2. The van der Waals surface area contributed by atoms with Crippen LogP contribution in [0.15, 0.2) is 24.3 Å². The fourth-order valence-corrected chi connectivity index (χ4v) is 3.48. The van der Waals surface area contributed by atoms with Crippen LogP contribution in [-0.2, 0) is 14.3 Å². The molecular weight excluding hydrogens is 372 g/mol. The molecule has 1 heterocycles. The van der Waals surface area contributed by atoms with E-state index in [1.165, 1.54) is 6.08 Å². The van der Waals surface area contributed by atoms with Gasteiger partial charge < -0.3 is 18.9 Å². The van der Waals surface area contributed by atoms with Gasteiger partial charge in [0.05, 0.1) is 39.6 Å². The summed E-state index contributed by atoms with van der Waals surface area (Å²) < 4.78 is 22.9. The molecule has 0 unspecified atom stereocenters. The predicted octanol–water partition coefficient (Wildman–Crippen LogP) is 3.17. The highest BCUT2D eigenvalue weighted by Crippen LogP contribution is 2.29. The second-order valence-corrected chi connectivity index (χ2v) is 7.80. The first-order valence-corrected chi connectivity index (χ1v) is 11.0. The minimum atomic E-state index is 0.597. The van der Waals surface area contributed by atoms with E-state index in [2.05, 4.69) is 0 Å². The van der Waals surface area contributed by atoms with Gasteiger partial charge in [-0.3, -0.25) is 4.79 Å². The Kier molecular flexibility index (Phi) is 11.4. The highest BCUT2D eigenvalue weighted by molar-refractivity contribution is 7.99. The molecule has 0 spiro atoms. The van der Waals surface area contributed by atoms with Crippen molar-refractivity contribution in [1.82, 2.24) is 0 Å². The zero-order valence-corrected chi connectivity index (χ0v) is 16.5. The van der Waals surface area contributed by atoms with Crippen LogP contribution in [-0.4, -0.2) is 68.9 Å². The number of hydrogen-bond donors (Lipinski definition) is 0. The summed E-state index contributed by atoms with van der Waals surface area (Å²) in [6.07, 6.45) is 3.99. The second kappa shape index (κ2) is 14.0. The molecule has 0 aromatic heterocycles. The summed E-state index contributed by atoms with van der Waals surface area (Å²) in [5.74, 6) is 5.10. The summed E-state index contributed by atoms with van der Waals surface area (Å²) >= 11 is 3.59. The van der Waals surface area contributed by atoms with Crippen LogP contribution in [0, 0.1) is 0 Å². The fourth-order valence-electron chi connectivity index (χ4n) is 2.19. The summed E-state index contributed by atoms with van der Waals surface area (Å²) in [6.45, 7) is 3.97. The van der Waals surface area contributed by atoms with Gasteiger partial charge in [-0.2, -0.15) is 23.5 Å². The first-order chi connectivity index (χ1) is 12.9. The molecule has 0 saturated carbocycles.